The number of carbonyl (C=O) groups is 1. The molecule has 0 radical (unpaired) electrons. The molecule has 0 aliphatic carbocycles. The molecule has 1 aromatic heterocycles. The molecule has 3 aromatic rings. The van der Waals surface area contributed by atoms with Crippen molar-refractivity contribution < 1.29 is 19.7 Å². The van der Waals surface area contributed by atoms with E-state index in [0.717, 1.165) is 28.3 Å². The fraction of sp³-hybridized carbons (Fsp3) is 0.188. The van der Waals surface area contributed by atoms with Gasteiger partial charge in [0.1, 0.15) is 11.0 Å². The van der Waals surface area contributed by atoms with Gasteiger partial charge in [-0.2, -0.15) is 8.75 Å². The number of benzene rings is 2. The highest BCUT2D eigenvalue weighted by Gasteiger charge is 2.30. The monoisotopic (exact) mass is 343 g/mol. The Labute approximate surface area is 140 Å². The van der Waals surface area contributed by atoms with Gasteiger partial charge in [-0.05, 0) is 29.8 Å². The number of anilines is 1. The zero-order valence-corrected chi connectivity index (χ0v) is 13.4. The van der Waals surface area contributed by atoms with E-state index in [1.165, 1.54) is 13.2 Å². The second-order valence-electron chi connectivity index (χ2n) is 5.55. The van der Waals surface area contributed by atoms with Gasteiger partial charge in [0.25, 0.3) is 0 Å². The van der Waals surface area contributed by atoms with Crippen LogP contribution >= 0.6 is 11.7 Å². The fourth-order valence-electron chi connectivity index (χ4n) is 3.08. The van der Waals surface area contributed by atoms with Crippen molar-refractivity contribution in [2.45, 2.75) is 12.3 Å². The summed E-state index contributed by atoms with van der Waals surface area (Å²) in [6.45, 7) is 0. The lowest BCUT2D eigenvalue weighted by molar-refractivity contribution is -0.116. The number of nitrogens with one attached hydrogen (secondary N) is 1. The average molecular weight is 343 g/mol. The van der Waals surface area contributed by atoms with Gasteiger partial charge < -0.3 is 20.3 Å². The summed E-state index contributed by atoms with van der Waals surface area (Å²) in [5, 5.41) is 22.7. The highest BCUT2D eigenvalue weighted by Crippen LogP contribution is 2.45. The van der Waals surface area contributed by atoms with Crippen LogP contribution in [-0.4, -0.2) is 32.0 Å². The van der Waals surface area contributed by atoms with E-state index in [-0.39, 0.29) is 35.5 Å². The van der Waals surface area contributed by atoms with Crippen LogP contribution in [0.25, 0.3) is 11.0 Å². The lowest BCUT2D eigenvalue weighted by atomic mass is 9.83. The maximum Gasteiger partial charge on any atom is 0.225 e. The van der Waals surface area contributed by atoms with E-state index in [4.69, 9.17) is 4.74 Å². The van der Waals surface area contributed by atoms with Gasteiger partial charge >= 0.3 is 0 Å². The first-order valence-electron chi connectivity index (χ1n) is 7.23. The molecule has 0 saturated heterocycles. The van der Waals surface area contributed by atoms with E-state index in [1.54, 1.807) is 12.1 Å². The Bertz CT molecular complexity index is 969. The summed E-state index contributed by atoms with van der Waals surface area (Å²) in [5.41, 5.74) is 3.69. The lowest BCUT2D eigenvalue weighted by Crippen LogP contribution is -2.23. The summed E-state index contributed by atoms with van der Waals surface area (Å²) in [6, 6.07) is 6.69. The molecule has 7 nitrogen and oxygen atoms in total. The van der Waals surface area contributed by atoms with Crippen molar-refractivity contribution >= 4 is 34.4 Å². The minimum absolute atomic E-state index is 0.124. The Morgan fingerprint density at radius 1 is 1.29 bits per heavy atom. The average Bonchev–Trinajstić information content (AvgIpc) is 3.05. The molecule has 0 unspecified atom stereocenters. The normalized spacial score (nSPS) is 16.7. The maximum atomic E-state index is 12.1. The smallest absolute Gasteiger partial charge is 0.225 e. The molecule has 1 amide bonds. The van der Waals surface area contributed by atoms with Gasteiger partial charge in [-0.15, -0.1) is 0 Å². The summed E-state index contributed by atoms with van der Waals surface area (Å²) in [4.78, 5) is 12.1. The van der Waals surface area contributed by atoms with E-state index >= 15 is 0 Å². The fourth-order valence-corrected chi connectivity index (χ4v) is 3.63. The summed E-state index contributed by atoms with van der Waals surface area (Å²) < 4.78 is 13.7. The first-order valence-corrected chi connectivity index (χ1v) is 7.96. The van der Waals surface area contributed by atoms with Crippen molar-refractivity contribution in [2.24, 2.45) is 0 Å². The number of phenolic OH excluding ortho intramolecular Hbond substituents is 2. The molecule has 0 saturated carbocycles. The van der Waals surface area contributed by atoms with Crippen molar-refractivity contribution in [3.8, 4) is 17.2 Å². The second-order valence-corrected chi connectivity index (χ2v) is 6.08. The standard InChI is InChI=1S/C16H13N3O4S/c1-23-12-5-7(4-11(20)16(12)22)8-6-13(21)17-9-2-3-10-15(14(8)9)19-24-18-10/h2-5,8,20,22H,6H2,1H3,(H,17,21)/t8-/m0/s1. The minimum atomic E-state index is -0.324. The molecule has 4 rings (SSSR count). The van der Waals surface area contributed by atoms with E-state index < -0.39 is 0 Å². The Kier molecular flexibility index (Phi) is 3.27. The van der Waals surface area contributed by atoms with Gasteiger partial charge in [0.15, 0.2) is 11.5 Å². The molecular formula is C16H13N3O4S. The van der Waals surface area contributed by atoms with E-state index in [1.807, 2.05) is 6.07 Å². The minimum Gasteiger partial charge on any atom is -0.504 e. The van der Waals surface area contributed by atoms with Gasteiger partial charge in [-0.3, -0.25) is 4.79 Å². The van der Waals surface area contributed by atoms with Crippen molar-refractivity contribution in [1.82, 2.24) is 8.75 Å². The number of hydrogen-bond donors (Lipinski definition) is 3. The molecule has 24 heavy (non-hydrogen) atoms. The molecule has 0 fully saturated rings. The molecule has 122 valence electrons. The molecule has 0 spiro atoms. The van der Waals surface area contributed by atoms with E-state index in [9.17, 15) is 15.0 Å². The molecule has 3 N–H and O–H groups in total. The number of phenols is 2. The quantitative estimate of drug-likeness (QED) is 0.618. The Balaban J connectivity index is 1.96. The molecule has 1 aliphatic rings. The van der Waals surface area contributed by atoms with E-state index in [0.29, 0.717) is 11.3 Å². The van der Waals surface area contributed by atoms with Gasteiger partial charge in [-0.25, -0.2) is 0 Å². The highest BCUT2D eigenvalue weighted by atomic mass is 32.1. The number of rotatable bonds is 2. The molecule has 1 aliphatic heterocycles. The van der Waals surface area contributed by atoms with Gasteiger partial charge in [-0.1, -0.05) is 0 Å². The molecule has 0 bridgehead atoms. The number of ether oxygens (including phenoxy) is 1. The molecule has 8 heteroatoms. The third-order valence-electron chi connectivity index (χ3n) is 4.18. The van der Waals surface area contributed by atoms with Crippen LogP contribution in [0, 0.1) is 0 Å². The number of aromatic nitrogens is 2. The van der Waals surface area contributed by atoms with Crippen molar-refractivity contribution in [2.75, 3.05) is 12.4 Å². The van der Waals surface area contributed by atoms with Crippen LogP contribution in [0.3, 0.4) is 0 Å². The van der Waals surface area contributed by atoms with Crippen LogP contribution in [0.4, 0.5) is 5.69 Å². The summed E-state index contributed by atoms with van der Waals surface area (Å²) in [6.07, 6.45) is 0.205. The first kappa shape index (κ1) is 14.7. The van der Waals surface area contributed by atoms with Crippen molar-refractivity contribution in [3.63, 3.8) is 0 Å². The Morgan fingerprint density at radius 3 is 2.92 bits per heavy atom. The number of amides is 1. The van der Waals surface area contributed by atoms with Crippen LogP contribution < -0.4 is 10.1 Å². The summed E-state index contributed by atoms with van der Waals surface area (Å²) in [7, 11) is 1.41. The van der Waals surface area contributed by atoms with Crippen LogP contribution in [-0.2, 0) is 4.79 Å². The first-order chi connectivity index (χ1) is 11.6. The molecular weight excluding hydrogens is 330 g/mol. The number of nitrogens with zero attached hydrogens (tertiary/aromatic N) is 2. The zero-order valence-electron chi connectivity index (χ0n) is 12.6. The van der Waals surface area contributed by atoms with Crippen molar-refractivity contribution in [3.05, 3.63) is 35.4 Å². The number of aromatic hydroxyl groups is 2. The third-order valence-corrected chi connectivity index (χ3v) is 4.72. The summed E-state index contributed by atoms with van der Waals surface area (Å²) in [5.74, 6) is -0.903. The van der Waals surface area contributed by atoms with Crippen molar-refractivity contribution in [1.29, 1.82) is 0 Å². The third kappa shape index (κ3) is 2.15. The highest BCUT2D eigenvalue weighted by molar-refractivity contribution is 7.00. The Morgan fingerprint density at radius 2 is 2.12 bits per heavy atom. The SMILES string of the molecule is COc1cc([C@@H]2CC(=O)Nc3ccc4nsnc4c32)cc(O)c1O. The number of carbonyl (C=O) groups excluding carboxylic acids is 1. The molecule has 2 heterocycles. The maximum absolute atomic E-state index is 12.1. The zero-order chi connectivity index (χ0) is 16.8. The van der Waals surface area contributed by atoms with Gasteiger partial charge in [0.2, 0.25) is 11.7 Å². The Hall–Kier alpha value is -2.87. The van der Waals surface area contributed by atoms with Crippen LogP contribution in [0.1, 0.15) is 23.5 Å². The molecule has 1 atom stereocenters. The predicted molar refractivity (Wildman–Crippen MR) is 88.8 cm³/mol. The largest absolute Gasteiger partial charge is 0.504 e. The van der Waals surface area contributed by atoms with Crippen LogP contribution in [0.15, 0.2) is 24.3 Å². The van der Waals surface area contributed by atoms with Gasteiger partial charge in [0, 0.05) is 23.6 Å². The number of fused-ring (bicyclic) bond motifs is 3. The topological polar surface area (TPSA) is 105 Å². The second kappa shape index (κ2) is 5.34. The molecule has 2 aromatic carbocycles. The predicted octanol–water partition coefficient (Wildman–Crippen LogP) is 2.59. The number of methoxy groups -OCH3 is 1. The van der Waals surface area contributed by atoms with Crippen LogP contribution in [0.5, 0.6) is 17.2 Å². The lowest BCUT2D eigenvalue weighted by Gasteiger charge is -2.26. The van der Waals surface area contributed by atoms with E-state index in [2.05, 4.69) is 14.1 Å². The van der Waals surface area contributed by atoms with Gasteiger partial charge in [0.05, 0.1) is 18.8 Å². The number of hydrogen-bond acceptors (Lipinski definition) is 7. The van der Waals surface area contributed by atoms with Crippen LogP contribution in [0.2, 0.25) is 0 Å². The summed E-state index contributed by atoms with van der Waals surface area (Å²) >= 11 is 1.11.